The molecule has 0 unspecified atom stereocenters. The fraction of sp³-hybridized carbons (Fsp3) is 0.263. The maximum absolute atomic E-state index is 13.1. The lowest BCUT2D eigenvalue weighted by atomic mass is 10.1. The van der Waals surface area contributed by atoms with Crippen LogP contribution >= 0.6 is 11.3 Å². The van der Waals surface area contributed by atoms with Crippen molar-refractivity contribution in [2.24, 2.45) is 0 Å². The highest BCUT2D eigenvalue weighted by Gasteiger charge is 2.26. The van der Waals surface area contributed by atoms with Crippen LogP contribution in [0.4, 0.5) is 0 Å². The molecule has 0 fully saturated rings. The van der Waals surface area contributed by atoms with Gasteiger partial charge in [0.1, 0.15) is 11.1 Å². The Balaban J connectivity index is 2.01. The lowest BCUT2D eigenvalue weighted by molar-refractivity contribution is 0.0562. The zero-order valence-electron chi connectivity index (χ0n) is 13.8. The Labute approximate surface area is 149 Å². The summed E-state index contributed by atoms with van der Waals surface area (Å²) in [4.78, 5) is 27.9. The lowest BCUT2D eigenvalue weighted by Crippen LogP contribution is -2.43. The normalized spacial score (nSPS) is 12.2. The van der Waals surface area contributed by atoms with Crippen LogP contribution in [0.3, 0.4) is 0 Å². The van der Waals surface area contributed by atoms with Gasteiger partial charge in [-0.05, 0) is 30.0 Å². The largest absolute Gasteiger partial charge is 0.422 e. The van der Waals surface area contributed by atoms with Gasteiger partial charge in [0.25, 0.3) is 5.91 Å². The fourth-order valence-electron chi connectivity index (χ4n) is 2.75. The average Bonchev–Trinajstić information content (AvgIpc) is 3.14. The van der Waals surface area contributed by atoms with E-state index in [9.17, 15) is 14.7 Å². The van der Waals surface area contributed by atoms with Gasteiger partial charge in [-0.3, -0.25) is 4.79 Å². The zero-order chi connectivity index (χ0) is 17.8. The van der Waals surface area contributed by atoms with Gasteiger partial charge in [-0.1, -0.05) is 31.2 Å². The van der Waals surface area contributed by atoms with Crippen LogP contribution in [-0.4, -0.2) is 28.6 Å². The van der Waals surface area contributed by atoms with Gasteiger partial charge in [0.05, 0.1) is 19.2 Å². The molecule has 2 heterocycles. The minimum atomic E-state index is -0.660. The van der Waals surface area contributed by atoms with Crippen LogP contribution in [0.1, 0.15) is 28.6 Å². The summed E-state index contributed by atoms with van der Waals surface area (Å²) in [5.74, 6) is -0.422. The van der Waals surface area contributed by atoms with Crippen LogP contribution in [-0.2, 0) is 6.54 Å². The van der Waals surface area contributed by atoms with E-state index in [2.05, 4.69) is 0 Å². The van der Waals surface area contributed by atoms with Crippen molar-refractivity contribution in [3.05, 3.63) is 68.7 Å². The van der Waals surface area contributed by atoms with Gasteiger partial charge in [-0.15, -0.1) is 11.3 Å². The van der Waals surface area contributed by atoms with Gasteiger partial charge >= 0.3 is 5.63 Å². The number of amides is 1. The number of thiophene rings is 1. The molecule has 2 aromatic heterocycles. The molecule has 0 aliphatic heterocycles. The van der Waals surface area contributed by atoms with Crippen molar-refractivity contribution < 1.29 is 14.3 Å². The first-order chi connectivity index (χ1) is 12.1. The summed E-state index contributed by atoms with van der Waals surface area (Å²) in [5, 5.41) is 12.3. The Kier molecular flexibility index (Phi) is 5.31. The summed E-state index contributed by atoms with van der Waals surface area (Å²) < 4.78 is 5.28. The molecule has 1 aromatic carbocycles. The van der Waals surface area contributed by atoms with Crippen molar-refractivity contribution in [3.8, 4) is 0 Å². The number of hydrogen-bond acceptors (Lipinski definition) is 5. The molecule has 0 spiro atoms. The van der Waals surface area contributed by atoms with Gasteiger partial charge < -0.3 is 14.4 Å². The molecular formula is C19H19NO4S. The number of aliphatic hydroxyl groups excluding tert-OH is 1. The van der Waals surface area contributed by atoms with Crippen LogP contribution in [0.25, 0.3) is 11.0 Å². The minimum absolute atomic E-state index is 0.0119. The van der Waals surface area contributed by atoms with E-state index >= 15 is 0 Å². The van der Waals surface area contributed by atoms with Crippen LogP contribution < -0.4 is 5.63 Å². The highest BCUT2D eigenvalue weighted by molar-refractivity contribution is 7.09. The molecule has 0 radical (unpaired) electrons. The van der Waals surface area contributed by atoms with Crippen molar-refractivity contribution in [1.29, 1.82) is 0 Å². The van der Waals surface area contributed by atoms with Crippen molar-refractivity contribution in [1.82, 2.24) is 4.90 Å². The molecule has 0 aliphatic carbocycles. The number of aliphatic hydroxyl groups is 1. The first kappa shape index (κ1) is 17.4. The molecule has 6 heteroatoms. The lowest BCUT2D eigenvalue weighted by Gasteiger charge is -2.29. The van der Waals surface area contributed by atoms with E-state index in [0.29, 0.717) is 23.9 Å². The Morgan fingerprint density at radius 1 is 1.28 bits per heavy atom. The van der Waals surface area contributed by atoms with Crippen LogP contribution in [0.2, 0.25) is 0 Å². The standard InChI is InChI=1S/C19H19NO4S/c1-2-14(12-21)20(11-15-7-5-9-25-15)18(22)16-10-13-6-3-4-8-17(13)24-19(16)23/h3-10,14,21H,2,11-12H2,1H3/t14-/m0/s1. The van der Waals surface area contributed by atoms with Crippen LogP contribution in [0.15, 0.2) is 57.1 Å². The molecule has 1 amide bonds. The first-order valence-electron chi connectivity index (χ1n) is 8.11. The highest BCUT2D eigenvalue weighted by atomic mass is 32.1. The van der Waals surface area contributed by atoms with Gasteiger partial charge in [0.15, 0.2) is 0 Å². The second-order valence-corrected chi connectivity index (χ2v) is 6.77. The number of carbonyl (C=O) groups excluding carboxylic acids is 1. The van der Waals surface area contributed by atoms with Crippen molar-refractivity contribution in [2.75, 3.05) is 6.61 Å². The number of hydrogen-bond donors (Lipinski definition) is 1. The number of benzene rings is 1. The Bertz CT molecular complexity index is 913. The fourth-order valence-corrected chi connectivity index (χ4v) is 3.45. The zero-order valence-corrected chi connectivity index (χ0v) is 14.7. The van der Waals surface area contributed by atoms with E-state index in [-0.39, 0.29) is 18.2 Å². The van der Waals surface area contributed by atoms with Crippen molar-refractivity contribution in [3.63, 3.8) is 0 Å². The predicted molar refractivity (Wildman–Crippen MR) is 97.8 cm³/mol. The monoisotopic (exact) mass is 357 g/mol. The molecule has 1 N–H and O–H groups in total. The highest BCUT2D eigenvalue weighted by Crippen LogP contribution is 2.19. The number of fused-ring (bicyclic) bond motifs is 1. The number of rotatable bonds is 6. The summed E-state index contributed by atoms with van der Waals surface area (Å²) in [7, 11) is 0. The molecule has 130 valence electrons. The molecular weight excluding hydrogens is 338 g/mol. The molecule has 25 heavy (non-hydrogen) atoms. The molecule has 0 aliphatic rings. The van der Waals surface area contributed by atoms with E-state index < -0.39 is 11.5 Å². The van der Waals surface area contributed by atoms with E-state index in [4.69, 9.17) is 4.42 Å². The quantitative estimate of drug-likeness (QED) is 0.688. The molecule has 3 aromatic rings. The minimum Gasteiger partial charge on any atom is -0.422 e. The third kappa shape index (κ3) is 3.65. The summed E-state index contributed by atoms with van der Waals surface area (Å²) in [6.45, 7) is 2.09. The average molecular weight is 357 g/mol. The smallest absolute Gasteiger partial charge is 0.349 e. The molecule has 0 saturated carbocycles. The number of carbonyl (C=O) groups is 1. The first-order valence-corrected chi connectivity index (χ1v) is 8.99. The Morgan fingerprint density at radius 2 is 2.08 bits per heavy atom. The van der Waals surface area contributed by atoms with Gasteiger partial charge in [0, 0.05) is 10.3 Å². The second kappa shape index (κ2) is 7.63. The molecule has 1 atom stereocenters. The van der Waals surface area contributed by atoms with Gasteiger partial charge in [0.2, 0.25) is 0 Å². The number of para-hydroxylation sites is 1. The topological polar surface area (TPSA) is 70.8 Å². The second-order valence-electron chi connectivity index (χ2n) is 5.74. The third-order valence-corrected chi connectivity index (χ3v) is 5.02. The number of nitrogens with zero attached hydrogens (tertiary/aromatic N) is 1. The third-order valence-electron chi connectivity index (χ3n) is 4.16. The van der Waals surface area contributed by atoms with Gasteiger partial charge in [-0.2, -0.15) is 0 Å². The van der Waals surface area contributed by atoms with Crippen molar-refractivity contribution in [2.45, 2.75) is 25.9 Å². The Morgan fingerprint density at radius 3 is 2.76 bits per heavy atom. The van der Waals surface area contributed by atoms with Crippen LogP contribution in [0, 0.1) is 0 Å². The predicted octanol–water partition coefficient (Wildman–Crippen LogP) is 3.27. The maximum atomic E-state index is 13.1. The van der Waals surface area contributed by atoms with Gasteiger partial charge in [-0.25, -0.2) is 4.79 Å². The molecule has 0 bridgehead atoms. The SMILES string of the molecule is CC[C@@H](CO)N(Cc1cccs1)C(=O)c1cc2ccccc2oc1=O. The summed E-state index contributed by atoms with van der Waals surface area (Å²) in [6.07, 6.45) is 0.590. The van der Waals surface area contributed by atoms with E-state index in [1.54, 1.807) is 29.2 Å². The van der Waals surface area contributed by atoms with Crippen LogP contribution in [0.5, 0.6) is 0 Å². The maximum Gasteiger partial charge on any atom is 0.349 e. The van der Waals surface area contributed by atoms with E-state index in [1.807, 2.05) is 30.5 Å². The van der Waals surface area contributed by atoms with Crippen molar-refractivity contribution >= 4 is 28.2 Å². The molecule has 5 nitrogen and oxygen atoms in total. The summed E-state index contributed by atoms with van der Waals surface area (Å²) >= 11 is 1.53. The van der Waals surface area contributed by atoms with E-state index in [0.717, 1.165) is 4.88 Å². The summed E-state index contributed by atoms with van der Waals surface area (Å²) in [5.41, 5.74) is -0.224. The van der Waals surface area contributed by atoms with E-state index in [1.165, 1.54) is 11.3 Å². The Hall–Kier alpha value is -2.44. The molecule has 0 saturated heterocycles. The summed E-state index contributed by atoms with van der Waals surface area (Å²) in [6, 6.07) is 12.1. The molecule has 3 rings (SSSR count).